The number of ether oxygens (including phenoxy) is 1. The minimum absolute atomic E-state index is 0.0648. The molecule has 0 aliphatic carbocycles. The highest BCUT2D eigenvalue weighted by Crippen LogP contribution is 2.24. The number of nitrogens with two attached hydrogens (primary N) is 1. The molecule has 34 heavy (non-hydrogen) atoms. The van der Waals surface area contributed by atoms with Crippen LogP contribution in [0.5, 0.6) is 5.75 Å². The molecule has 0 saturated carbocycles. The number of nitrogens with one attached hydrogen (secondary N) is 2. The Labute approximate surface area is 199 Å². The van der Waals surface area contributed by atoms with Crippen molar-refractivity contribution < 1.29 is 26.4 Å². The Kier molecular flexibility index (Phi) is 7.29. The molecule has 0 radical (unpaired) electrons. The van der Waals surface area contributed by atoms with Crippen LogP contribution in [0.15, 0.2) is 70.5 Å². The summed E-state index contributed by atoms with van der Waals surface area (Å²) in [5, 5.41) is 7.62. The Hall–Kier alpha value is -3.41. The predicted molar refractivity (Wildman–Crippen MR) is 130 cm³/mol. The lowest BCUT2D eigenvalue weighted by molar-refractivity contribution is -0.118. The van der Waals surface area contributed by atoms with E-state index < -0.39 is 26.0 Å². The lowest BCUT2D eigenvalue weighted by Gasteiger charge is -2.13. The maximum absolute atomic E-state index is 12.8. The molecule has 1 amide bonds. The van der Waals surface area contributed by atoms with Crippen LogP contribution < -0.4 is 19.9 Å². The first-order valence-electron chi connectivity index (χ1n) is 10.1. The molecule has 3 aromatic rings. The van der Waals surface area contributed by atoms with Crippen molar-refractivity contribution in [3.05, 3.63) is 77.4 Å². The molecule has 3 aromatic carbocycles. The quantitative estimate of drug-likeness (QED) is 0.431. The molecule has 180 valence electrons. The van der Waals surface area contributed by atoms with Crippen LogP contribution in [0.2, 0.25) is 0 Å². The van der Waals surface area contributed by atoms with Crippen LogP contribution >= 0.6 is 0 Å². The lowest BCUT2D eigenvalue weighted by atomic mass is 10.1. The number of carbonyl (C=O) groups excluding carboxylic acids is 1. The molecule has 0 heterocycles. The second-order valence-electron chi connectivity index (χ2n) is 7.74. The van der Waals surface area contributed by atoms with Gasteiger partial charge < -0.3 is 10.1 Å². The van der Waals surface area contributed by atoms with Crippen LogP contribution in [-0.4, -0.2) is 29.3 Å². The van der Waals surface area contributed by atoms with Crippen molar-refractivity contribution in [2.45, 2.75) is 30.6 Å². The van der Waals surface area contributed by atoms with Gasteiger partial charge in [-0.25, -0.2) is 22.0 Å². The molecule has 3 rings (SSSR count). The van der Waals surface area contributed by atoms with Crippen LogP contribution in [0, 0.1) is 20.8 Å². The summed E-state index contributed by atoms with van der Waals surface area (Å²) in [6.07, 6.45) is 0. The Balaban J connectivity index is 1.63. The standard InChI is InChI=1S/C23H25N3O6S2/c1-15-4-5-19(12-16(15)2)26-34(30,31)21-10-11-22(17(3)13-21)32-14-23(27)25-18-6-8-20(9-7-18)33(24,28)29/h4-13,26H,14H2,1-3H3,(H,25,27)(H2,24,28,29). The summed E-state index contributed by atoms with van der Waals surface area (Å²) in [5.41, 5.74) is 3.41. The molecule has 0 fully saturated rings. The van der Waals surface area contributed by atoms with E-state index in [0.717, 1.165) is 11.1 Å². The highest BCUT2D eigenvalue weighted by Gasteiger charge is 2.17. The van der Waals surface area contributed by atoms with Gasteiger partial charge in [-0.2, -0.15) is 0 Å². The van der Waals surface area contributed by atoms with E-state index >= 15 is 0 Å². The maximum atomic E-state index is 12.8. The molecule has 0 unspecified atom stereocenters. The van der Waals surface area contributed by atoms with Crippen molar-refractivity contribution in [1.82, 2.24) is 0 Å². The van der Waals surface area contributed by atoms with Gasteiger partial charge in [0.25, 0.3) is 15.9 Å². The van der Waals surface area contributed by atoms with Gasteiger partial charge >= 0.3 is 0 Å². The summed E-state index contributed by atoms with van der Waals surface area (Å²) in [6, 6.07) is 15.0. The Bertz CT molecular complexity index is 1430. The molecule has 9 nitrogen and oxygen atoms in total. The number of anilines is 2. The first-order valence-corrected chi connectivity index (χ1v) is 13.1. The van der Waals surface area contributed by atoms with Gasteiger partial charge in [-0.1, -0.05) is 6.07 Å². The summed E-state index contributed by atoms with van der Waals surface area (Å²) in [7, 11) is -7.62. The SMILES string of the molecule is Cc1ccc(NS(=O)(=O)c2ccc(OCC(=O)Nc3ccc(S(N)(=O)=O)cc3)c(C)c2)cc1C. The van der Waals surface area contributed by atoms with Gasteiger partial charge in [-0.05, 0) is 92.1 Å². The molecule has 0 atom stereocenters. The first kappa shape index (κ1) is 25.2. The minimum atomic E-state index is -3.82. The number of benzene rings is 3. The summed E-state index contributed by atoms with van der Waals surface area (Å²) in [5.74, 6) is -0.124. The first-order chi connectivity index (χ1) is 15.8. The summed E-state index contributed by atoms with van der Waals surface area (Å²) >= 11 is 0. The van der Waals surface area contributed by atoms with Gasteiger partial charge in [-0.15, -0.1) is 0 Å². The molecule has 0 aliphatic heterocycles. The topological polar surface area (TPSA) is 145 Å². The van der Waals surface area contributed by atoms with Crippen molar-refractivity contribution in [2.24, 2.45) is 5.14 Å². The van der Waals surface area contributed by atoms with Crippen molar-refractivity contribution >= 4 is 37.3 Å². The lowest BCUT2D eigenvalue weighted by Crippen LogP contribution is -2.20. The zero-order chi connectivity index (χ0) is 25.1. The molecule has 4 N–H and O–H groups in total. The number of amides is 1. The Morgan fingerprint density at radius 1 is 0.794 bits per heavy atom. The van der Waals surface area contributed by atoms with Crippen molar-refractivity contribution in [1.29, 1.82) is 0 Å². The van der Waals surface area contributed by atoms with Crippen LogP contribution in [0.3, 0.4) is 0 Å². The molecule has 0 spiro atoms. The highest BCUT2D eigenvalue weighted by atomic mass is 32.2. The number of sulfonamides is 2. The number of carbonyl (C=O) groups is 1. The third kappa shape index (κ3) is 6.34. The Morgan fingerprint density at radius 3 is 2.00 bits per heavy atom. The number of hydrogen-bond acceptors (Lipinski definition) is 6. The highest BCUT2D eigenvalue weighted by molar-refractivity contribution is 7.92. The van der Waals surface area contributed by atoms with E-state index in [0.29, 0.717) is 22.7 Å². The normalized spacial score (nSPS) is 11.6. The summed E-state index contributed by atoms with van der Waals surface area (Å²) < 4.78 is 56.2. The van der Waals surface area contributed by atoms with Gasteiger partial charge in [0.15, 0.2) is 6.61 Å². The largest absolute Gasteiger partial charge is 0.483 e. The molecule has 0 saturated heterocycles. The van der Waals surface area contributed by atoms with Crippen molar-refractivity contribution in [3.63, 3.8) is 0 Å². The van der Waals surface area contributed by atoms with Crippen LogP contribution in [0.1, 0.15) is 16.7 Å². The predicted octanol–water partition coefficient (Wildman–Crippen LogP) is 3.08. The number of aryl methyl sites for hydroxylation is 3. The fourth-order valence-electron chi connectivity index (χ4n) is 3.04. The molecule has 0 aromatic heterocycles. The van der Waals surface area contributed by atoms with Crippen LogP contribution in [-0.2, 0) is 24.8 Å². The summed E-state index contributed by atoms with van der Waals surface area (Å²) in [4.78, 5) is 12.2. The van der Waals surface area contributed by atoms with Gasteiger partial charge in [0.1, 0.15) is 5.75 Å². The second-order valence-corrected chi connectivity index (χ2v) is 11.0. The fourth-order valence-corrected chi connectivity index (χ4v) is 4.69. The Morgan fingerprint density at radius 2 is 1.41 bits per heavy atom. The van der Waals surface area contributed by atoms with Crippen LogP contribution in [0.25, 0.3) is 0 Å². The van der Waals surface area contributed by atoms with E-state index in [2.05, 4.69) is 10.0 Å². The molecule has 11 heteroatoms. The molecular formula is C23H25N3O6S2. The smallest absolute Gasteiger partial charge is 0.262 e. The summed E-state index contributed by atoms with van der Waals surface area (Å²) in [6.45, 7) is 5.19. The average molecular weight is 504 g/mol. The van der Waals surface area contributed by atoms with Gasteiger partial charge in [0.2, 0.25) is 10.0 Å². The third-order valence-corrected chi connectivity index (χ3v) is 7.35. The molecule has 0 bridgehead atoms. The zero-order valence-electron chi connectivity index (χ0n) is 18.8. The van der Waals surface area contributed by atoms with E-state index in [9.17, 15) is 21.6 Å². The second kappa shape index (κ2) is 9.84. The zero-order valence-corrected chi connectivity index (χ0v) is 20.5. The molecule has 0 aliphatic rings. The minimum Gasteiger partial charge on any atom is -0.483 e. The van der Waals surface area contributed by atoms with Gasteiger partial charge in [0.05, 0.1) is 9.79 Å². The van der Waals surface area contributed by atoms with Crippen molar-refractivity contribution in [2.75, 3.05) is 16.6 Å². The third-order valence-electron chi connectivity index (χ3n) is 5.04. The molecular weight excluding hydrogens is 478 g/mol. The van der Waals surface area contributed by atoms with Gasteiger partial charge in [0, 0.05) is 11.4 Å². The van der Waals surface area contributed by atoms with E-state index in [-0.39, 0.29) is 16.4 Å². The average Bonchev–Trinajstić information content (AvgIpc) is 2.75. The number of rotatable bonds is 8. The van der Waals surface area contributed by atoms with E-state index in [1.165, 1.54) is 42.5 Å². The number of primary sulfonamides is 1. The maximum Gasteiger partial charge on any atom is 0.262 e. The van der Waals surface area contributed by atoms with Crippen molar-refractivity contribution in [3.8, 4) is 5.75 Å². The van der Waals surface area contributed by atoms with Crippen LogP contribution in [0.4, 0.5) is 11.4 Å². The number of hydrogen-bond donors (Lipinski definition) is 3. The van der Waals surface area contributed by atoms with Gasteiger partial charge in [-0.3, -0.25) is 9.52 Å². The monoisotopic (exact) mass is 503 g/mol. The fraction of sp³-hybridized carbons (Fsp3) is 0.174. The van der Waals surface area contributed by atoms with E-state index in [4.69, 9.17) is 9.88 Å². The van der Waals surface area contributed by atoms with E-state index in [1.54, 1.807) is 19.1 Å². The van der Waals surface area contributed by atoms with E-state index in [1.807, 2.05) is 19.9 Å².